The fourth-order valence-corrected chi connectivity index (χ4v) is 3.05. The Labute approximate surface area is 128 Å². The van der Waals surface area contributed by atoms with Crippen molar-refractivity contribution in [2.24, 2.45) is 0 Å². The number of hydrogen-bond donors (Lipinski definition) is 2. The van der Waals surface area contributed by atoms with Crippen LogP contribution in [0.2, 0.25) is 0 Å². The summed E-state index contributed by atoms with van der Waals surface area (Å²) in [5, 5.41) is 2.94. The predicted molar refractivity (Wildman–Crippen MR) is 85.8 cm³/mol. The van der Waals surface area contributed by atoms with Crippen molar-refractivity contribution in [1.82, 2.24) is 10.2 Å². The third-order valence-electron chi connectivity index (χ3n) is 3.96. The third-order valence-corrected chi connectivity index (χ3v) is 4.45. The second-order valence-electron chi connectivity index (χ2n) is 5.41. The Morgan fingerprint density at radius 3 is 2.85 bits per heavy atom. The molecule has 110 valence electrons. The molecule has 0 heterocycles. The first kappa shape index (κ1) is 15.3. The number of halogens is 1. The van der Waals surface area contributed by atoms with E-state index in [1.807, 2.05) is 6.07 Å². The molecule has 0 radical (unpaired) electrons. The minimum Gasteiger partial charge on any atom is -0.398 e. The van der Waals surface area contributed by atoms with E-state index in [1.54, 1.807) is 12.1 Å². The molecule has 0 aromatic heterocycles. The number of nitrogen functional groups attached to an aromatic ring is 1. The molecule has 1 aliphatic carbocycles. The molecule has 4 nitrogen and oxygen atoms in total. The Balaban J connectivity index is 1.81. The molecule has 0 aliphatic heterocycles. The first-order valence-electron chi connectivity index (χ1n) is 7.11. The van der Waals surface area contributed by atoms with Crippen molar-refractivity contribution in [3.05, 3.63) is 28.2 Å². The Morgan fingerprint density at radius 1 is 1.45 bits per heavy atom. The van der Waals surface area contributed by atoms with Gasteiger partial charge in [0.1, 0.15) is 0 Å². The maximum absolute atomic E-state index is 12.1. The maximum Gasteiger partial charge on any atom is 0.253 e. The van der Waals surface area contributed by atoms with Crippen LogP contribution < -0.4 is 11.1 Å². The summed E-state index contributed by atoms with van der Waals surface area (Å²) in [5.41, 5.74) is 6.87. The minimum absolute atomic E-state index is 0.108. The zero-order chi connectivity index (χ0) is 14.5. The van der Waals surface area contributed by atoms with Crippen LogP contribution in [-0.2, 0) is 0 Å². The van der Waals surface area contributed by atoms with E-state index in [9.17, 15) is 4.79 Å². The van der Waals surface area contributed by atoms with Crippen molar-refractivity contribution in [2.75, 3.05) is 25.9 Å². The summed E-state index contributed by atoms with van der Waals surface area (Å²) in [6.07, 6.45) is 5.22. The van der Waals surface area contributed by atoms with E-state index in [4.69, 9.17) is 5.73 Å². The van der Waals surface area contributed by atoms with Crippen molar-refractivity contribution in [3.63, 3.8) is 0 Å². The van der Waals surface area contributed by atoms with E-state index in [2.05, 4.69) is 33.2 Å². The van der Waals surface area contributed by atoms with Crippen LogP contribution in [0.1, 0.15) is 36.0 Å². The number of anilines is 1. The average Bonchev–Trinajstić information content (AvgIpc) is 2.95. The van der Waals surface area contributed by atoms with E-state index < -0.39 is 0 Å². The molecule has 0 saturated heterocycles. The molecule has 2 rings (SSSR count). The number of nitrogens with one attached hydrogen (secondary N) is 1. The summed E-state index contributed by atoms with van der Waals surface area (Å²) in [6, 6.07) is 6.01. The van der Waals surface area contributed by atoms with Gasteiger partial charge in [-0.05, 0) is 38.1 Å². The maximum atomic E-state index is 12.1. The Morgan fingerprint density at radius 2 is 2.15 bits per heavy atom. The molecule has 5 heteroatoms. The van der Waals surface area contributed by atoms with Crippen molar-refractivity contribution in [1.29, 1.82) is 0 Å². The normalized spacial score (nSPS) is 15.8. The number of hydrogen-bond acceptors (Lipinski definition) is 3. The van der Waals surface area contributed by atoms with E-state index in [0.29, 0.717) is 23.8 Å². The van der Waals surface area contributed by atoms with Crippen LogP contribution in [0.3, 0.4) is 0 Å². The van der Waals surface area contributed by atoms with E-state index in [1.165, 1.54) is 25.7 Å². The Hall–Kier alpha value is -1.07. The van der Waals surface area contributed by atoms with E-state index >= 15 is 0 Å². The topological polar surface area (TPSA) is 58.4 Å². The number of nitrogens with zero attached hydrogens (tertiary/aromatic N) is 1. The third kappa shape index (κ3) is 3.96. The molecule has 1 amide bonds. The highest BCUT2D eigenvalue weighted by Crippen LogP contribution is 2.22. The van der Waals surface area contributed by atoms with Crippen LogP contribution in [0.15, 0.2) is 22.7 Å². The molecule has 0 bridgehead atoms. The first-order chi connectivity index (χ1) is 9.58. The van der Waals surface area contributed by atoms with Gasteiger partial charge in [-0.2, -0.15) is 0 Å². The van der Waals surface area contributed by atoms with Gasteiger partial charge in [-0.15, -0.1) is 0 Å². The summed E-state index contributed by atoms with van der Waals surface area (Å²) >= 11 is 3.36. The highest BCUT2D eigenvalue weighted by molar-refractivity contribution is 9.10. The van der Waals surface area contributed by atoms with Gasteiger partial charge in [0.2, 0.25) is 0 Å². The quantitative estimate of drug-likeness (QED) is 0.810. The van der Waals surface area contributed by atoms with Crippen LogP contribution in [0.4, 0.5) is 5.69 Å². The lowest BCUT2D eigenvalue weighted by atomic mass is 10.1. The van der Waals surface area contributed by atoms with Crippen molar-refractivity contribution >= 4 is 27.5 Å². The number of amides is 1. The smallest absolute Gasteiger partial charge is 0.253 e. The number of likely N-dealkylation sites (N-methyl/N-ethyl adjacent to an activating group) is 1. The zero-order valence-corrected chi connectivity index (χ0v) is 13.4. The SMILES string of the molecule is CN(CCNC(=O)c1cc(Br)ccc1N)C1CCCC1. The molecule has 1 aromatic carbocycles. The van der Waals surface area contributed by atoms with Crippen LogP contribution >= 0.6 is 15.9 Å². The summed E-state index contributed by atoms with van der Waals surface area (Å²) in [5.74, 6) is -0.108. The van der Waals surface area contributed by atoms with Crippen molar-refractivity contribution in [3.8, 4) is 0 Å². The number of carbonyl (C=O) groups is 1. The van der Waals surface area contributed by atoms with Gasteiger partial charge >= 0.3 is 0 Å². The molecule has 0 unspecified atom stereocenters. The summed E-state index contributed by atoms with van der Waals surface area (Å²) < 4.78 is 0.861. The summed E-state index contributed by atoms with van der Waals surface area (Å²) in [6.45, 7) is 1.53. The van der Waals surface area contributed by atoms with Crippen LogP contribution in [0.5, 0.6) is 0 Å². The van der Waals surface area contributed by atoms with Gasteiger partial charge in [-0.25, -0.2) is 0 Å². The lowest BCUT2D eigenvalue weighted by Crippen LogP contribution is -2.37. The monoisotopic (exact) mass is 339 g/mol. The Kier molecular flexibility index (Phi) is 5.43. The number of benzene rings is 1. The van der Waals surface area contributed by atoms with E-state index in [-0.39, 0.29) is 5.91 Å². The number of carbonyl (C=O) groups excluding carboxylic acids is 1. The lowest BCUT2D eigenvalue weighted by Gasteiger charge is -2.23. The fourth-order valence-electron chi connectivity index (χ4n) is 2.69. The van der Waals surface area contributed by atoms with Gasteiger partial charge < -0.3 is 16.0 Å². The second kappa shape index (κ2) is 7.09. The molecule has 1 aliphatic rings. The van der Waals surface area contributed by atoms with Gasteiger partial charge in [0.15, 0.2) is 0 Å². The molecule has 1 fully saturated rings. The van der Waals surface area contributed by atoms with Crippen LogP contribution in [0.25, 0.3) is 0 Å². The first-order valence-corrected chi connectivity index (χ1v) is 7.90. The van der Waals surface area contributed by atoms with Gasteiger partial charge in [-0.1, -0.05) is 28.8 Å². The lowest BCUT2D eigenvalue weighted by molar-refractivity contribution is 0.0948. The molecule has 1 aromatic rings. The highest BCUT2D eigenvalue weighted by atomic mass is 79.9. The van der Waals surface area contributed by atoms with Crippen molar-refractivity contribution < 1.29 is 4.79 Å². The van der Waals surface area contributed by atoms with Gasteiger partial charge in [-0.3, -0.25) is 4.79 Å². The number of nitrogens with two attached hydrogens (primary N) is 1. The predicted octanol–water partition coefficient (Wildman–Crippen LogP) is 2.64. The molecule has 20 heavy (non-hydrogen) atoms. The molecule has 0 spiro atoms. The second-order valence-corrected chi connectivity index (χ2v) is 6.32. The molecule has 0 atom stereocenters. The summed E-state index contributed by atoms with van der Waals surface area (Å²) in [7, 11) is 2.13. The summed E-state index contributed by atoms with van der Waals surface area (Å²) in [4.78, 5) is 14.4. The van der Waals surface area contributed by atoms with Gasteiger partial charge in [0.05, 0.1) is 5.56 Å². The van der Waals surface area contributed by atoms with Crippen molar-refractivity contribution in [2.45, 2.75) is 31.7 Å². The standard InChI is InChI=1S/C15H22BrN3O/c1-19(12-4-2-3-5-12)9-8-18-15(20)13-10-11(16)6-7-14(13)17/h6-7,10,12H,2-5,8-9,17H2,1H3,(H,18,20). The molecule has 3 N–H and O–H groups in total. The van der Waals surface area contributed by atoms with Gasteiger partial charge in [0, 0.05) is 29.3 Å². The molecular formula is C15H22BrN3O. The fraction of sp³-hybridized carbons (Fsp3) is 0.533. The highest BCUT2D eigenvalue weighted by Gasteiger charge is 2.19. The number of rotatable bonds is 5. The molecule has 1 saturated carbocycles. The average molecular weight is 340 g/mol. The van der Waals surface area contributed by atoms with E-state index in [0.717, 1.165) is 11.0 Å². The molecular weight excluding hydrogens is 318 g/mol. The Bertz CT molecular complexity index is 472. The van der Waals surface area contributed by atoms with Gasteiger partial charge in [0.25, 0.3) is 5.91 Å². The largest absolute Gasteiger partial charge is 0.398 e. The van der Waals surface area contributed by atoms with Crippen LogP contribution in [0, 0.1) is 0 Å². The zero-order valence-electron chi connectivity index (χ0n) is 11.9. The van der Waals surface area contributed by atoms with Crippen LogP contribution in [-0.4, -0.2) is 37.0 Å². The minimum atomic E-state index is -0.108.